The number of benzene rings is 3. The van der Waals surface area contributed by atoms with Gasteiger partial charge in [-0.3, -0.25) is 9.59 Å². The Morgan fingerprint density at radius 2 is 1.68 bits per heavy atom. The highest BCUT2D eigenvalue weighted by Gasteiger charge is 2.17. The van der Waals surface area contributed by atoms with E-state index < -0.39 is 6.10 Å². The predicted octanol–water partition coefficient (Wildman–Crippen LogP) is 4.85. The van der Waals surface area contributed by atoms with Crippen LogP contribution in [-0.4, -0.2) is 12.0 Å². The molecule has 1 unspecified atom stereocenters. The first-order valence-electron chi connectivity index (χ1n) is 10.1. The summed E-state index contributed by atoms with van der Waals surface area (Å²) in [6, 6.07) is 24.1. The van der Waals surface area contributed by atoms with Crippen molar-refractivity contribution in [2.45, 2.75) is 26.5 Å². The number of ether oxygens (including phenoxy) is 1. The molecular weight excluding hydrogens is 390 g/mol. The molecule has 0 aliphatic rings. The van der Waals surface area contributed by atoms with Gasteiger partial charge >= 0.3 is 0 Å². The molecule has 0 aliphatic heterocycles. The van der Waals surface area contributed by atoms with Crippen LogP contribution < -0.4 is 15.5 Å². The van der Waals surface area contributed by atoms with E-state index in [0.717, 1.165) is 11.1 Å². The molecule has 4 rings (SSSR count). The van der Waals surface area contributed by atoms with Gasteiger partial charge in [0.2, 0.25) is 5.43 Å². The molecule has 1 amide bonds. The standard InChI is InChI=1S/C26H23NO4/c1-17-24(20-11-7-4-8-12-20)25(28)22-14-13-21(15-23(22)31-17)30-18(2)26(29)27-16-19-9-5-3-6-10-19/h3-15,18H,16H2,1-2H3,(H,27,29). The SMILES string of the molecule is Cc1oc2cc(OC(C)C(=O)NCc3ccccc3)ccc2c(=O)c1-c1ccccc1. The minimum Gasteiger partial charge on any atom is -0.481 e. The topological polar surface area (TPSA) is 68.5 Å². The summed E-state index contributed by atoms with van der Waals surface area (Å²) in [4.78, 5) is 25.4. The summed E-state index contributed by atoms with van der Waals surface area (Å²) in [5, 5.41) is 3.33. The molecule has 1 N–H and O–H groups in total. The number of rotatable bonds is 6. The highest BCUT2D eigenvalue weighted by Crippen LogP contribution is 2.26. The lowest BCUT2D eigenvalue weighted by Crippen LogP contribution is -2.35. The molecule has 0 fully saturated rings. The molecular formula is C26H23NO4. The Hall–Kier alpha value is -3.86. The maximum atomic E-state index is 13.0. The summed E-state index contributed by atoms with van der Waals surface area (Å²) in [7, 11) is 0. The molecule has 0 aliphatic carbocycles. The van der Waals surface area contributed by atoms with E-state index in [2.05, 4.69) is 5.32 Å². The van der Waals surface area contributed by atoms with Gasteiger partial charge in [-0.05, 0) is 37.1 Å². The molecule has 0 saturated carbocycles. The summed E-state index contributed by atoms with van der Waals surface area (Å²) in [5.74, 6) is 0.778. The van der Waals surface area contributed by atoms with Crippen molar-refractivity contribution >= 4 is 16.9 Å². The second kappa shape index (κ2) is 8.88. The Morgan fingerprint density at radius 3 is 2.39 bits per heavy atom. The number of carbonyl (C=O) groups excluding carboxylic acids is 1. The lowest BCUT2D eigenvalue weighted by Gasteiger charge is -2.15. The van der Waals surface area contributed by atoms with Crippen molar-refractivity contribution in [3.05, 3.63) is 100 Å². The molecule has 1 aromatic heterocycles. The maximum Gasteiger partial charge on any atom is 0.261 e. The Morgan fingerprint density at radius 1 is 1.00 bits per heavy atom. The first-order chi connectivity index (χ1) is 15.0. The Labute approximate surface area is 180 Å². The molecule has 1 heterocycles. The molecule has 3 aromatic carbocycles. The fourth-order valence-electron chi connectivity index (χ4n) is 3.48. The van der Waals surface area contributed by atoms with E-state index in [4.69, 9.17) is 9.15 Å². The summed E-state index contributed by atoms with van der Waals surface area (Å²) < 4.78 is 11.7. The van der Waals surface area contributed by atoms with E-state index in [1.165, 1.54) is 0 Å². The van der Waals surface area contributed by atoms with Gasteiger partial charge in [0.25, 0.3) is 5.91 Å². The zero-order valence-corrected chi connectivity index (χ0v) is 17.4. The number of hydrogen-bond donors (Lipinski definition) is 1. The highest BCUT2D eigenvalue weighted by molar-refractivity contribution is 5.84. The van der Waals surface area contributed by atoms with Crippen LogP contribution in [0.5, 0.6) is 5.75 Å². The summed E-state index contributed by atoms with van der Waals surface area (Å²) >= 11 is 0. The number of nitrogens with one attached hydrogen (secondary N) is 1. The fourth-order valence-corrected chi connectivity index (χ4v) is 3.48. The van der Waals surface area contributed by atoms with Crippen molar-refractivity contribution in [1.82, 2.24) is 5.32 Å². The van der Waals surface area contributed by atoms with Crippen molar-refractivity contribution < 1.29 is 13.9 Å². The van der Waals surface area contributed by atoms with Crippen LogP contribution in [0.25, 0.3) is 22.1 Å². The van der Waals surface area contributed by atoms with Crippen molar-refractivity contribution in [3.8, 4) is 16.9 Å². The molecule has 1 atom stereocenters. The monoisotopic (exact) mass is 413 g/mol. The van der Waals surface area contributed by atoms with Crippen molar-refractivity contribution in [3.63, 3.8) is 0 Å². The first kappa shape index (κ1) is 20.4. The fraction of sp³-hybridized carbons (Fsp3) is 0.154. The van der Waals surface area contributed by atoms with Crippen LogP contribution >= 0.6 is 0 Å². The van der Waals surface area contributed by atoms with E-state index in [1.54, 1.807) is 32.0 Å². The van der Waals surface area contributed by atoms with Gasteiger partial charge in [-0.25, -0.2) is 0 Å². The van der Waals surface area contributed by atoms with Crippen LogP contribution in [0.4, 0.5) is 0 Å². The number of amides is 1. The van der Waals surface area contributed by atoms with Crippen molar-refractivity contribution in [2.75, 3.05) is 0 Å². The number of aryl methyl sites for hydroxylation is 1. The lowest BCUT2D eigenvalue weighted by molar-refractivity contribution is -0.127. The van der Waals surface area contributed by atoms with Crippen LogP contribution in [0.2, 0.25) is 0 Å². The summed E-state index contributed by atoms with van der Waals surface area (Å²) in [6.07, 6.45) is -0.697. The third-order valence-corrected chi connectivity index (χ3v) is 5.09. The Kier molecular flexibility index (Phi) is 5.85. The second-order valence-electron chi connectivity index (χ2n) is 7.35. The molecule has 0 bridgehead atoms. The molecule has 5 nitrogen and oxygen atoms in total. The van der Waals surface area contributed by atoms with Gasteiger partial charge in [0.05, 0.1) is 10.9 Å². The number of hydrogen-bond acceptors (Lipinski definition) is 4. The van der Waals surface area contributed by atoms with E-state index in [0.29, 0.717) is 34.6 Å². The predicted molar refractivity (Wildman–Crippen MR) is 121 cm³/mol. The maximum absolute atomic E-state index is 13.0. The summed E-state index contributed by atoms with van der Waals surface area (Å²) in [5.41, 5.74) is 2.72. The molecule has 156 valence electrons. The van der Waals surface area contributed by atoms with E-state index >= 15 is 0 Å². The third kappa shape index (κ3) is 4.51. The zero-order chi connectivity index (χ0) is 21.8. The van der Waals surface area contributed by atoms with Crippen LogP contribution in [0.15, 0.2) is 88.1 Å². The van der Waals surface area contributed by atoms with Crippen LogP contribution in [0, 0.1) is 6.92 Å². The van der Waals surface area contributed by atoms with E-state index in [9.17, 15) is 9.59 Å². The average Bonchev–Trinajstić information content (AvgIpc) is 2.78. The molecule has 4 aromatic rings. The first-order valence-corrected chi connectivity index (χ1v) is 10.1. The molecule has 0 radical (unpaired) electrons. The smallest absolute Gasteiger partial charge is 0.261 e. The number of fused-ring (bicyclic) bond motifs is 1. The van der Waals surface area contributed by atoms with Gasteiger partial charge in [-0.2, -0.15) is 0 Å². The third-order valence-electron chi connectivity index (χ3n) is 5.09. The number of carbonyl (C=O) groups is 1. The van der Waals surface area contributed by atoms with Gasteiger partial charge in [-0.1, -0.05) is 60.7 Å². The van der Waals surface area contributed by atoms with Crippen LogP contribution in [0.3, 0.4) is 0 Å². The molecule has 0 saturated heterocycles. The Balaban J connectivity index is 1.53. The molecule has 0 spiro atoms. The highest BCUT2D eigenvalue weighted by atomic mass is 16.5. The van der Waals surface area contributed by atoms with Gasteiger partial charge in [0.15, 0.2) is 6.10 Å². The minimum atomic E-state index is -0.697. The summed E-state index contributed by atoms with van der Waals surface area (Å²) in [6.45, 7) is 3.89. The van der Waals surface area contributed by atoms with Crippen LogP contribution in [-0.2, 0) is 11.3 Å². The van der Waals surface area contributed by atoms with E-state index in [-0.39, 0.29) is 11.3 Å². The van der Waals surface area contributed by atoms with Gasteiger partial charge in [0.1, 0.15) is 17.1 Å². The lowest BCUT2D eigenvalue weighted by atomic mass is 10.0. The normalized spacial score (nSPS) is 11.8. The Bertz CT molecular complexity index is 1260. The minimum absolute atomic E-state index is 0.0925. The van der Waals surface area contributed by atoms with Crippen molar-refractivity contribution in [1.29, 1.82) is 0 Å². The largest absolute Gasteiger partial charge is 0.481 e. The second-order valence-corrected chi connectivity index (χ2v) is 7.35. The van der Waals surface area contributed by atoms with Gasteiger partial charge in [-0.15, -0.1) is 0 Å². The van der Waals surface area contributed by atoms with Crippen molar-refractivity contribution in [2.24, 2.45) is 0 Å². The van der Waals surface area contributed by atoms with Gasteiger partial charge < -0.3 is 14.5 Å². The van der Waals surface area contributed by atoms with Gasteiger partial charge in [0, 0.05) is 12.6 Å². The molecule has 5 heteroatoms. The quantitative estimate of drug-likeness (QED) is 0.491. The average molecular weight is 413 g/mol. The molecule has 31 heavy (non-hydrogen) atoms. The van der Waals surface area contributed by atoms with Crippen LogP contribution in [0.1, 0.15) is 18.2 Å². The van der Waals surface area contributed by atoms with E-state index in [1.807, 2.05) is 60.7 Å². The zero-order valence-electron chi connectivity index (χ0n) is 17.4.